The first kappa shape index (κ1) is 19.6. The second-order valence-corrected chi connectivity index (χ2v) is 7.56. The van der Waals surface area contributed by atoms with Gasteiger partial charge in [0.1, 0.15) is 5.76 Å². The van der Waals surface area contributed by atoms with E-state index in [2.05, 4.69) is 10.2 Å². The second kappa shape index (κ2) is 8.75. The summed E-state index contributed by atoms with van der Waals surface area (Å²) in [5.41, 5.74) is 1.40. The fourth-order valence-electron chi connectivity index (χ4n) is 2.99. The predicted molar refractivity (Wildman–Crippen MR) is 116 cm³/mol. The Labute approximate surface area is 176 Å². The number of carbonyl (C=O) groups excluding carboxylic acids is 1. The van der Waals surface area contributed by atoms with Gasteiger partial charge in [-0.25, -0.2) is 0 Å². The average molecular weight is 420 g/mol. The topological polar surface area (TPSA) is 101 Å². The van der Waals surface area contributed by atoms with E-state index in [1.807, 2.05) is 30.3 Å². The lowest BCUT2D eigenvalue weighted by Crippen LogP contribution is -2.32. The Hall–Kier alpha value is -3.72. The standard InChI is InChI=1S/C21H16N4O4S/c26-20-19(13-15-6-4-9-17(12-15)25(27)28)30-21(23-22-14-18-10-5-11-29-18)24(20)16-7-2-1-3-8-16/h1-12,14,19H,13H2/b22-14-,23-21-/t19-/m1/s1. The number of non-ortho nitro benzene ring substituents is 1. The zero-order chi connectivity index (χ0) is 20.9. The number of nitrogens with zero attached hydrogens (tertiary/aromatic N) is 4. The van der Waals surface area contributed by atoms with Crippen molar-refractivity contribution in [3.63, 3.8) is 0 Å². The number of anilines is 1. The molecule has 0 radical (unpaired) electrons. The highest BCUT2D eigenvalue weighted by Gasteiger charge is 2.39. The largest absolute Gasteiger partial charge is 0.463 e. The Morgan fingerprint density at radius 3 is 2.70 bits per heavy atom. The van der Waals surface area contributed by atoms with Gasteiger partial charge in [-0.05, 0) is 36.2 Å². The van der Waals surface area contributed by atoms with Gasteiger partial charge in [-0.1, -0.05) is 42.1 Å². The molecule has 1 aliphatic rings. The molecule has 0 spiro atoms. The number of para-hydroxylation sites is 1. The van der Waals surface area contributed by atoms with E-state index in [1.165, 1.54) is 41.3 Å². The number of nitro benzene ring substituents is 1. The molecule has 9 heteroatoms. The molecule has 30 heavy (non-hydrogen) atoms. The normalized spacial score (nSPS) is 17.9. The van der Waals surface area contributed by atoms with Crippen molar-refractivity contribution < 1.29 is 14.1 Å². The van der Waals surface area contributed by atoms with Crippen molar-refractivity contribution in [2.45, 2.75) is 11.7 Å². The highest BCUT2D eigenvalue weighted by atomic mass is 32.2. The molecule has 1 atom stereocenters. The predicted octanol–water partition coefficient (Wildman–Crippen LogP) is 4.27. The second-order valence-electron chi connectivity index (χ2n) is 6.39. The van der Waals surface area contributed by atoms with Crippen molar-refractivity contribution >= 4 is 40.4 Å². The summed E-state index contributed by atoms with van der Waals surface area (Å²) in [5.74, 6) is 0.401. The first-order valence-electron chi connectivity index (χ1n) is 9.05. The molecule has 1 fully saturated rings. The van der Waals surface area contributed by atoms with E-state index >= 15 is 0 Å². The summed E-state index contributed by atoms with van der Waals surface area (Å²) >= 11 is 1.28. The number of nitro groups is 1. The Kier molecular flexibility index (Phi) is 5.71. The zero-order valence-electron chi connectivity index (χ0n) is 15.6. The molecule has 1 amide bonds. The zero-order valence-corrected chi connectivity index (χ0v) is 16.4. The molecule has 8 nitrogen and oxygen atoms in total. The molecule has 3 aromatic rings. The third-order valence-electron chi connectivity index (χ3n) is 4.36. The van der Waals surface area contributed by atoms with Crippen molar-refractivity contribution in [3.05, 3.63) is 94.4 Å². The maximum Gasteiger partial charge on any atom is 0.269 e. The number of amides is 1. The average Bonchev–Trinajstić information content (AvgIpc) is 3.37. The number of carbonyl (C=O) groups is 1. The van der Waals surface area contributed by atoms with Crippen LogP contribution >= 0.6 is 11.8 Å². The van der Waals surface area contributed by atoms with Gasteiger partial charge in [0.25, 0.3) is 5.69 Å². The van der Waals surface area contributed by atoms with Crippen LogP contribution < -0.4 is 4.90 Å². The first-order valence-corrected chi connectivity index (χ1v) is 9.93. The maximum atomic E-state index is 13.2. The third kappa shape index (κ3) is 4.31. The number of benzene rings is 2. The summed E-state index contributed by atoms with van der Waals surface area (Å²) in [7, 11) is 0. The van der Waals surface area contributed by atoms with Crippen LogP contribution in [0.2, 0.25) is 0 Å². The Morgan fingerprint density at radius 2 is 1.97 bits per heavy atom. The lowest BCUT2D eigenvalue weighted by atomic mass is 10.1. The van der Waals surface area contributed by atoms with Crippen LogP contribution in [-0.4, -0.2) is 27.5 Å². The number of rotatable bonds is 6. The molecule has 1 aromatic heterocycles. The summed E-state index contributed by atoms with van der Waals surface area (Å²) < 4.78 is 5.20. The number of thioether (sulfide) groups is 1. The molecular weight excluding hydrogens is 404 g/mol. The molecule has 2 heterocycles. The lowest BCUT2D eigenvalue weighted by Gasteiger charge is -2.15. The van der Waals surface area contributed by atoms with E-state index in [1.54, 1.807) is 24.3 Å². The molecule has 150 valence electrons. The van der Waals surface area contributed by atoms with Crippen LogP contribution in [0, 0.1) is 10.1 Å². The van der Waals surface area contributed by atoms with Gasteiger partial charge in [0, 0.05) is 12.1 Å². The van der Waals surface area contributed by atoms with Crippen LogP contribution in [0.3, 0.4) is 0 Å². The smallest absolute Gasteiger partial charge is 0.269 e. The van der Waals surface area contributed by atoms with E-state index in [-0.39, 0.29) is 11.6 Å². The molecule has 0 bridgehead atoms. The molecule has 2 aromatic carbocycles. The molecular formula is C21H16N4O4S. The van der Waals surface area contributed by atoms with E-state index in [4.69, 9.17) is 4.42 Å². The van der Waals surface area contributed by atoms with Gasteiger partial charge in [-0.2, -0.15) is 5.10 Å². The monoisotopic (exact) mass is 420 g/mol. The summed E-state index contributed by atoms with van der Waals surface area (Å²) in [4.78, 5) is 25.3. The maximum absolute atomic E-state index is 13.2. The van der Waals surface area contributed by atoms with Crippen molar-refractivity contribution in [1.29, 1.82) is 0 Å². The summed E-state index contributed by atoms with van der Waals surface area (Å²) in [6.07, 6.45) is 3.35. The van der Waals surface area contributed by atoms with E-state index in [0.29, 0.717) is 28.6 Å². The molecule has 0 unspecified atom stereocenters. The molecule has 0 aliphatic carbocycles. The molecule has 4 rings (SSSR count). The molecule has 1 aliphatic heterocycles. The number of furan rings is 1. The SMILES string of the molecule is O=C1[C@@H](Cc2cccc([N+](=O)[O-])c2)S/C(=N\N=C/c2ccco2)N1c1ccccc1. The van der Waals surface area contributed by atoms with Crippen LogP contribution in [0.4, 0.5) is 11.4 Å². The van der Waals surface area contributed by atoms with Gasteiger partial charge in [-0.3, -0.25) is 19.8 Å². The van der Waals surface area contributed by atoms with Gasteiger partial charge < -0.3 is 4.42 Å². The van der Waals surface area contributed by atoms with Gasteiger partial charge >= 0.3 is 0 Å². The third-order valence-corrected chi connectivity index (χ3v) is 5.49. The van der Waals surface area contributed by atoms with Crippen LogP contribution in [-0.2, 0) is 11.2 Å². The highest BCUT2D eigenvalue weighted by Crippen LogP contribution is 2.34. The highest BCUT2D eigenvalue weighted by molar-refractivity contribution is 8.16. The Bertz CT molecular complexity index is 1110. The quantitative estimate of drug-likeness (QED) is 0.337. The van der Waals surface area contributed by atoms with Crippen molar-refractivity contribution in [3.8, 4) is 0 Å². The number of hydrogen-bond acceptors (Lipinski definition) is 7. The first-order chi connectivity index (χ1) is 14.6. The van der Waals surface area contributed by atoms with Crippen LogP contribution in [0.1, 0.15) is 11.3 Å². The van der Waals surface area contributed by atoms with Gasteiger partial charge in [0.15, 0.2) is 5.17 Å². The van der Waals surface area contributed by atoms with Crippen LogP contribution in [0.15, 0.2) is 87.6 Å². The molecule has 0 N–H and O–H groups in total. The minimum absolute atomic E-state index is 0.000185. The summed E-state index contributed by atoms with van der Waals surface area (Å²) in [6, 6.07) is 19.0. The van der Waals surface area contributed by atoms with E-state index in [9.17, 15) is 14.9 Å². The van der Waals surface area contributed by atoms with E-state index in [0.717, 1.165) is 0 Å². The molecule has 0 saturated carbocycles. The van der Waals surface area contributed by atoms with Crippen molar-refractivity contribution in [2.75, 3.05) is 4.90 Å². The summed E-state index contributed by atoms with van der Waals surface area (Å²) in [5, 5.41) is 19.3. The van der Waals surface area contributed by atoms with Gasteiger partial charge in [0.05, 0.1) is 28.3 Å². The minimum Gasteiger partial charge on any atom is -0.463 e. The lowest BCUT2D eigenvalue weighted by molar-refractivity contribution is -0.384. The number of amidine groups is 1. The van der Waals surface area contributed by atoms with Crippen molar-refractivity contribution in [1.82, 2.24) is 0 Å². The van der Waals surface area contributed by atoms with Crippen molar-refractivity contribution in [2.24, 2.45) is 10.2 Å². The van der Waals surface area contributed by atoms with Gasteiger partial charge in [-0.15, -0.1) is 5.10 Å². The summed E-state index contributed by atoms with van der Waals surface area (Å²) in [6.45, 7) is 0. The van der Waals surface area contributed by atoms with E-state index < -0.39 is 10.2 Å². The number of hydrogen-bond donors (Lipinski definition) is 0. The minimum atomic E-state index is -0.468. The van der Waals surface area contributed by atoms with Gasteiger partial charge in [0.2, 0.25) is 5.91 Å². The molecule has 1 saturated heterocycles. The van der Waals surface area contributed by atoms with Crippen LogP contribution in [0.5, 0.6) is 0 Å². The fraction of sp³-hybridized carbons (Fsp3) is 0.0952. The Morgan fingerprint density at radius 1 is 1.13 bits per heavy atom. The van der Waals surface area contributed by atoms with Crippen LogP contribution in [0.25, 0.3) is 0 Å². The fourth-order valence-corrected chi connectivity index (χ4v) is 4.12. The Balaban J connectivity index is 1.61.